The summed E-state index contributed by atoms with van der Waals surface area (Å²) in [6.07, 6.45) is -4.97. The van der Waals surface area contributed by atoms with Crippen molar-refractivity contribution in [2.24, 2.45) is 0 Å². The number of nitriles is 1. The van der Waals surface area contributed by atoms with Gasteiger partial charge in [-0.3, -0.25) is 0 Å². The summed E-state index contributed by atoms with van der Waals surface area (Å²) >= 11 is 5.84. The van der Waals surface area contributed by atoms with Gasteiger partial charge in [0.1, 0.15) is 0 Å². The van der Waals surface area contributed by atoms with Crippen molar-refractivity contribution in [1.29, 1.82) is 5.26 Å². The van der Waals surface area contributed by atoms with Crippen molar-refractivity contribution in [2.45, 2.75) is 19.0 Å². The number of hydrogen-bond acceptors (Lipinski definition) is 2. The summed E-state index contributed by atoms with van der Waals surface area (Å²) in [5.41, 5.74) is 0.948. The SMILES string of the molecule is N#Cc1ccc(NCCCC(F)(F)F)c(Cl)c1. The highest BCUT2D eigenvalue weighted by Crippen LogP contribution is 2.24. The Morgan fingerprint density at radius 1 is 1.35 bits per heavy atom. The van der Waals surface area contributed by atoms with Crippen molar-refractivity contribution in [3.05, 3.63) is 28.8 Å². The Kier molecular flexibility index (Phi) is 4.64. The number of alkyl halides is 3. The summed E-state index contributed by atoms with van der Waals surface area (Å²) in [4.78, 5) is 0. The molecule has 1 aromatic rings. The van der Waals surface area contributed by atoms with E-state index in [0.717, 1.165) is 0 Å². The zero-order valence-electron chi connectivity index (χ0n) is 8.81. The van der Waals surface area contributed by atoms with Crippen LogP contribution in [-0.2, 0) is 0 Å². The molecule has 1 N–H and O–H groups in total. The lowest BCUT2D eigenvalue weighted by molar-refractivity contribution is -0.134. The predicted molar refractivity (Wildman–Crippen MR) is 59.9 cm³/mol. The number of anilines is 1. The van der Waals surface area contributed by atoms with Crippen LogP contribution in [-0.4, -0.2) is 12.7 Å². The van der Waals surface area contributed by atoms with Crippen molar-refractivity contribution >= 4 is 17.3 Å². The van der Waals surface area contributed by atoms with Gasteiger partial charge >= 0.3 is 6.18 Å². The number of benzene rings is 1. The Balaban J connectivity index is 2.45. The summed E-state index contributed by atoms with van der Waals surface area (Å²) in [5, 5.41) is 11.7. The molecule has 0 unspecified atom stereocenters. The zero-order valence-corrected chi connectivity index (χ0v) is 9.57. The topological polar surface area (TPSA) is 35.8 Å². The Bertz CT molecular complexity index is 424. The van der Waals surface area contributed by atoms with Crippen LogP contribution in [0.15, 0.2) is 18.2 Å². The fraction of sp³-hybridized carbons (Fsp3) is 0.364. The molecule has 0 radical (unpaired) electrons. The maximum absolute atomic E-state index is 11.9. The van der Waals surface area contributed by atoms with Crippen LogP contribution in [0.5, 0.6) is 0 Å². The van der Waals surface area contributed by atoms with E-state index in [-0.39, 0.29) is 13.0 Å². The third kappa shape index (κ3) is 4.96. The molecule has 0 heterocycles. The first kappa shape index (κ1) is 13.7. The molecular formula is C11H10ClF3N2. The van der Waals surface area contributed by atoms with Crippen molar-refractivity contribution < 1.29 is 13.2 Å². The van der Waals surface area contributed by atoms with Gasteiger partial charge in [0.05, 0.1) is 22.3 Å². The molecule has 0 amide bonds. The van der Waals surface area contributed by atoms with Crippen LogP contribution in [0, 0.1) is 11.3 Å². The third-order valence-electron chi connectivity index (χ3n) is 2.05. The second-order valence-electron chi connectivity index (χ2n) is 3.45. The molecule has 0 aromatic heterocycles. The molecule has 0 aliphatic heterocycles. The summed E-state index contributed by atoms with van der Waals surface area (Å²) in [5.74, 6) is 0. The van der Waals surface area contributed by atoms with Crippen LogP contribution in [0.3, 0.4) is 0 Å². The van der Waals surface area contributed by atoms with Gasteiger partial charge in [0.2, 0.25) is 0 Å². The maximum atomic E-state index is 11.9. The van der Waals surface area contributed by atoms with Gasteiger partial charge < -0.3 is 5.32 Å². The van der Waals surface area contributed by atoms with E-state index in [4.69, 9.17) is 16.9 Å². The fourth-order valence-corrected chi connectivity index (χ4v) is 1.49. The molecule has 1 rings (SSSR count). The highest BCUT2D eigenvalue weighted by molar-refractivity contribution is 6.33. The Morgan fingerprint density at radius 2 is 2.06 bits per heavy atom. The molecule has 6 heteroatoms. The van der Waals surface area contributed by atoms with E-state index >= 15 is 0 Å². The van der Waals surface area contributed by atoms with Gasteiger partial charge in [-0.15, -0.1) is 0 Å². The van der Waals surface area contributed by atoms with Crippen molar-refractivity contribution in [3.8, 4) is 6.07 Å². The molecule has 0 atom stereocenters. The average molecular weight is 263 g/mol. The number of nitrogens with one attached hydrogen (secondary N) is 1. The molecule has 0 aliphatic rings. The average Bonchev–Trinajstić information content (AvgIpc) is 2.24. The molecule has 0 fully saturated rings. The lowest BCUT2D eigenvalue weighted by Gasteiger charge is -2.09. The van der Waals surface area contributed by atoms with Crippen molar-refractivity contribution in [1.82, 2.24) is 0 Å². The van der Waals surface area contributed by atoms with Crippen LogP contribution in [0.4, 0.5) is 18.9 Å². The quantitative estimate of drug-likeness (QED) is 0.834. The molecule has 2 nitrogen and oxygen atoms in total. The number of hydrogen-bond donors (Lipinski definition) is 1. The molecule has 0 spiro atoms. The largest absolute Gasteiger partial charge is 0.389 e. The first-order valence-corrected chi connectivity index (χ1v) is 5.30. The standard InChI is InChI=1S/C11H10ClF3N2/c12-9-6-8(7-16)2-3-10(9)17-5-1-4-11(13,14)15/h2-3,6,17H,1,4-5H2. The second kappa shape index (κ2) is 5.78. The van der Waals surface area contributed by atoms with Crippen LogP contribution in [0.25, 0.3) is 0 Å². The van der Waals surface area contributed by atoms with E-state index in [0.29, 0.717) is 16.3 Å². The van der Waals surface area contributed by atoms with Gasteiger partial charge in [0.25, 0.3) is 0 Å². The van der Waals surface area contributed by atoms with Crippen LogP contribution >= 0.6 is 11.6 Å². The van der Waals surface area contributed by atoms with Crippen molar-refractivity contribution in [3.63, 3.8) is 0 Å². The highest BCUT2D eigenvalue weighted by atomic mass is 35.5. The fourth-order valence-electron chi connectivity index (χ4n) is 1.24. The van der Waals surface area contributed by atoms with Crippen LogP contribution in [0.1, 0.15) is 18.4 Å². The van der Waals surface area contributed by atoms with Crippen LogP contribution < -0.4 is 5.32 Å². The minimum Gasteiger partial charge on any atom is -0.384 e. The lowest BCUT2D eigenvalue weighted by Crippen LogP contribution is -2.11. The highest BCUT2D eigenvalue weighted by Gasteiger charge is 2.25. The minimum absolute atomic E-state index is 0.0141. The van der Waals surface area contributed by atoms with Gasteiger partial charge in [-0.1, -0.05) is 11.6 Å². The molecule has 92 valence electrons. The molecule has 0 saturated heterocycles. The van der Waals surface area contributed by atoms with E-state index in [2.05, 4.69) is 5.32 Å². The second-order valence-corrected chi connectivity index (χ2v) is 3.86. The zero-order chi connectivity index (χ0) is 12.9. The smallest absolute Gasteiger partial charge is 0.384 e. The maximum Gasteiger partial charge on any atom is 0.389 e. The molecule has 0 aliphatic carbocycles. The van der Waals surface area contributed by atoms with Gasteiger partial charge in [-0.2, -0.15) is 18.4 Å². The monoisotopic (exact) mass is 262 g/mol. The van der Waals surface area contributed by atoms with Crippen molar-refractivity contribution in [2.75, 3.05) is 11.9 Å². The summed E-state index contributed by atoms with van der Waals surface area (Å²) in [6.45, 7) is 0.186. The van der Waals surface area contributed by atoms with E-state index < -0.39 is 12.6 Å². The Morgan fingerprint density at radius 3 is 2.59 bits per heavy atom. The summed E-state index contributed by atoms with van der Waals surface area (Å²) in [6, 6.07) is 6.52. The lowest BCUT2D eigenvalue weighted by atomic mass is 10.2. The predicted octanol–water partition coefficient (Wildman–Crippen LogP) is 3.97. The Labute approximate surface area is 102 Å². The normalized spacial score (nSPS) is 11.0. The number of nitrogens with zero attached hydrogens (tertiary/aromatic N) is 1. The number of rotatable bonds is 4. The van der Waals surface area contributed by atoms with Crippen LogP contribution in [0.2, 0.25) is 5.02 Å². The third-order valence-corrected chi connectivity index (χ3v) is 2.36. The van der Waals surface area contributed by atoms with Gasteiger partial charge in [0, 0.05) is 13.0 Å². The van der Waals surface area contributed by atoms with Gasteiger partial charge in [-0.25, -0.2) is 0 Å². The molecular weight excluding hydrogens is 253 g/mol. The van der Waals surface area contributed by atoms with Gasteiger partial charge in [-0.05, 0) is 24.6 Å². The molecule has 17 heavy (non-hydrogen) atoms. The molecule has 1 aromatic carbocycles. The minimum atomic E-state index is -4.13. The van der Waals surface area contributed by atoms with E-state index in [9.17, 15) is 13.2 Å². The first-order chi connectivity index (χ1) is 7.92. The Hall–Kier alpha value is -1.41. The first-order valence-electron chi connectivity index (χ1n) is 4.92. The van der Waals surface area contributed by atoms with E-state index in [1.165, 1.54) is 6.07 Å². The molecule has 0 bridgehead atoms. The summed E-state index contributed by atoms with van der Waals surface area (Å²) in [7, 11) is 0. The summed E-state index contributed by atoms with van der Waals surface area (Å²) < 4.78 is 35.6. The number of halogens is 4. The van der Waals surface area contributed by atoms with Gasteiger partial charge in [0.15, 0.2) is 0 Å². The molecule has 0 saturated carbocycles. The van der Waals surface area contributed by atoms with E-state index in [1.54, 1.807) is 12.1 Å². The van der Waals surface area contributed by atoms with E-state index in [1.807, 2.05) is 6.07 Å².